The number of hydrogen-bond acceptors (Lipinski definition) is 17. The summed E-state index contributed by atoms with van der Waals surface area (Å²) in [6.07, 6.45) is 15.2. The van der Waals surface area contributed by atoms with E-state index >= 15 is 8.78 Å². The Morgan fingerprint density at radius 2 is 1.80 bits per heavy atom. The largest absolute Gasteiger partial charge is 0.462 e. The van der Waals surface area contributed by atoms with E-state index in [1.54, 1.807) is 27.4 Å². The number of anilines is 1. The standard InChI is InChI=1S/C62H66F2N14O4S3/c1-6-37-29-83-47-22-44-43(24-68-72-44)49(48(37)47)52-54-42(13-17-65-52)50-55(76-25-39-11-12-40(26-76)69-39)70-59(71-57(50)85-54)82-32-61(30-62(61,63)64)31-75-18-14-35(15-19-75)16-20-77-28-45(73-74-77)51(60(3,4)5)58(81)78-27-41(79)21-46(78)56(80)66-23-36-7-9-38(10-8-36)53-34(2)67-33-84-53/h1,7-10,13,17,22,24,28-29,33,35,39-41,46,51,69,79H,11-12,14-16,18-21,23,25-27,30-32H2,2-5H3,(H,66,80)(H,68,72)/t39?,40?,41-,46+,51?,61-/m1/s1. The van der Waals surface area contributed by atoms with Crippen LogP contribution in [0.15, 0.2) is 65.9 Å². The Labute approximate surface area is 501 Å². The van der Waals surface area contributed by atoms with Crippen molar-refractivity contribution >= 4 is 92.9 Å². The minimum atomic E-state index is -2.90. The number of aliphatic hydroxyl groups is 1. The zero-order chi connectivity index (χ0) is 58.5. The minimum absolute atomic E-state index is 0.0438. The fourth-order valence-corrected chi connectivity index (χ4v) is 16.6. The number of amides is 2. The number of piperazine rings is 1. The van der Waals surface area contributed by atoms with Crippen LogP contribution in [0.4, 0.5) is 14.6 Å². The molecular weight excluding hydrogens is 1140 g/mol. The molecule has 2 amide bonds. The van der Waals surface area contributed by atoms with Crippen molar-refractivity contribution < 1.29 is 28.2 Å². The van der Waals surface area contributed by atoms with E-state index in [-0.39, 0.29) is 56.9 Å². The van der Waals surface area contributed by atoms with Gasteiger partial charge in [0.1, 0.15) is 23.3 Å². The number of alkyl halides is 2. The Morgan fingerprint density at radius 3 is 2.53 bits per heavy atom. The van der Waals surface area contributed by atoms with Gasteiger partial charge in [-0.3, -0.25) is 24.4 Å². The van der Waals surface area contributed by atoms with Crippen molar-refractivity contribution in [2.24, 2.45) is 16.7 Å². The summed E-state index contributed by atoms with van der Waals surface area (Å²) in [6.45, 7) is 11.6. The number of benzene rings is 2. The number of thiophene rings is 2. The van der Waals surface area contributed by atoms with Gasteiger partial charge in [-0.05, 0) is 86.7 Å². The number of halogens is 2. The normalized spacial score (nSPS) is 22.9. The molecule has 5 fully saturated rings. The molecule has 11 heterocycles. The average Bonchev–Trinajstić information content (AvgIpc) is 1.76. The highest BCUT2D eigenvalue weighted by atomic mass is 32.1. The molecule has 6 atom stereocenters. The molecule has 23 heteroatoms. The summed E-state index contributed by atoms with van der Waals surface area (Å²) in [4.78, 5) is 55.6. The molecular formula is C62H66F2N14O4S3. The number of aryl methyl sites for hydroxylation is 2. The van der Waals surface area contributed by atoms with Gasteiger partial charge in [-0.15, -0.1) is 45.5 Å². The molecule has 4 aliphatic heterocycles. The van der Waals surface area contributed by atoms with Crippen molar-refractivity contribution in [2.75, 3.05) is 50.8 Å². The number of piperidine rings is 1. The quantitative estimate of drug-likeness (QED) is 0.0665. The fraction of sp³-hybridized carbons (Fsp3) is 0.468. The van der Waals surface area contributed by atoms with E-state index < -0.39 is 34.8 Å². The molecule has 4 saturated heterocycles. The van der Waals surface area contributed by atoms with Crippen molar-refractivity contribution in [1.29, 1.82) is 0 Å². The van der Waals surface area contributed by atoms with Crippen molar-refractivity contribution in [3.8, 4) is 40.1 Å². The Morgan fingerprint density at radius 1 is 1.01 bits per heavy atom. The number of H-pyrrole nitrogens is 1. The molecule has 1 aliphatic carbocycles. The Bertz CT molecular complexity index is 4070. The zero-order valence-corrected chi connectivity index (χ0v) is 50.2. The molecule has 2 bridgehead atoms. The Kier molecular flexibility index (Phi) is 14.2. The first kappa shape index (κ1) is 55.8. The third kappa shape index (κ3) is 10.4. The van der Waals surface area contributed by atoms with Gasteiger partial charge < -0.3 is 35.2 Å². The van der Waals surface area contributed by atoms with Gasteiger partial charge in [0.05, 0.1) is 66.7 Å². The van der Waals surface area contributed by atoms with Crippen LogP contribution in [0, 0.1) is 36.0 Å². The van der Waals surface area contributed by atoms with Crippen LogP contribution in [0.2, 0.25) is 0 Å². The van der Waals surface area contributed by atoms with E-state index in [0.717, 1.165) is 126 Å². The van der Waals surface area contributed by atoms with Crippen LogP contribution in [-0.4, -0.2) is 148 Å². The lowest BCUT2D eigenvalue weighted by molar-refractivity contribution is -0.141. The second kappa shape index (κ2) is 21.7. The maximum atomic E-state index is 15.8. The number of nitrogens with one attached hydrogen (secondary N) is 3. The van der Waals surface area contributed by atoms with Gasteiger partial charge in [-0.25, -0.2) is 13.8 Å². The van der Waals surface area contributed by atoms with Gasteiger partial charge in [0, 0.05) is 114 Å². The number of ether oxygens (including phenoxy) is 1. The Balaban J connectivity index is 0.629. The molecule has 3 unspecified atom stereocenters. The topological polar surface area (TPSA) is 208 Å². The first-order valence-electron chi connectivity index (χ1n) is 29.3. The van der Waals surface area contributed by atoms with Crippen LogP contribution in [0.1, 0.15) is 94.1 Å². The number of terminal acetylenes is 1. The molecule has 0 radical (unpaired) electrons. The summed E-state index contributed by atoms with van der Waals surface area (Å²) in [5, 5.41) is 39.8. The maximum absolute atomic E-state index is 15.8. The number of hydrogen-bond donors (Lipinski definition) is 4. The molecule has 2 aromatic carbocycles. The van der Waals surface area contributed by atoms with E-state index in [9.17, 15) is 14.7 Å². The first-order chi connectivity index (χ1) is 41.0. The lowest BCUT2D eigenvalue weighted by Gasteiger charge is -2.35. The summed E-state index contributed by atoms with van der Waals surface area (Å²) >= 11 is 4.67. The molecule has 1 saturated carbocycles. The van der Waals surface area contributed by atoms with Gasteiger partial charge in [0.15, 0.2) is 0 Å². The number of fused-ring (bicyclic) bond motifs is 7. The predicted molar refractivity (Wildman–Crippen MR) is 327 cm³/mol. The van der Waals surface area contributed by atoms with Crippen LogP contribution in [0.25, 0.3) is 63.0 Å². The number of pyridine rings is 1. The minimum Gasteiger partial charge on any atom is -0.462 e. The van der Waals surface area contributed by atoms with Gasteiger partial charge in [0.25, 0.3) is 5.92 Å². The van der Waals surface area contributed by atoms with Crippen molar-refractivity contribution in [2.45, 2.75) is 122 Å². The number of aromatic nitrogens is 9. The molecule has 18 nitrogen and oxygen atoms in total. The number of likely N-dealkylation sites (tertiary alicyclic amines) is 2. The predicted octanol–water partition coefficient (Wildman–Crippen LogP) is 9.56. The highest BCUT2D eigenvalue weighted by molar-refractivity contribution is 7.26. The van der Waals surface area contributed by atoms with E-state index in [1.807, 2.05) is 87.5 Å². The monoisotopic (exact) mass is 1200 g/mol. The third-order valence-electron chi connectivity index (χ3n) is 18.3. The molecule has 5 aliphatic rings. The zero-order valence-electron chi connectivity index (χ0n) is 47.8. The molecule has 14 rings (SSSR count). The lowest BCUT2D eigenvalue weighted by Crippen LogP contribution is -2.51. The molecule has 7 aromatic heterocycles. The Hall–Kier alpha value is -7.07. The number of carbonyl (C=O) groups excluding carboxylic acids is 2. The second-order valence-corrected chi connectivity index (χ2v) is 27.9. The number of β-amino-alcohol motifs (C(OH)–C–C–N with tert-alkyl or cyclic N) is 1. The third-order valence-corrected chi connectivity index (χ3v) is 21.4. The molecule has 4 N–H and O–H groups in total. The van der Waals surface area contributed by atoms with E-state index in [0.29, 0.717) is 48.2 Å². The van der Waals surface area contributed by atoms with Gasteiger partial charge in [-0.2, -0.15) is 15.1 Å². The second-order valence-electron chi connectivity index (χ2n) is 25.2. The summed E-state index contributed by atoms with van der Waals surface area (Å²) in [6, 6.07) is 12.0. The lowest BCUT2D eigenvalue weighted by atomic mass is 9.78. The molecule has 9 aromatic rings. The molecule has 0 spiro atoms. The number of rotatable bonds is 16. The SMILES string of the molecule is C#Cc1csc2cc3[nH]ncc3c(-c3nccc4c3sc3nc(OC[C@]5(CN6CCC(CCn7cc(C(C(=O)N8C[C@H](O)C[C@H]8C(=O)NCc8ccc(-c9scnc9C)cc8)C(C)(C)C)nn7)CC6)CC5(F)F)nc(N5CC6CCC(C5)N6)c34)c12. The van der Waals surface area contributed by atoms with Crippen LogP contribution in [-0.2, 0) is 22.7 Å². The number of nitrogens with zero attached hydrogens (tertiary/aromatic N) is 11. The summed E-state index contributed by atoms with van der Waals surface area (Å²) in [7, 11) is 0. The number of carbonyl (C=O) groups is 2. The van der Waals surface area contributed by atoms with Crippen LogP contribution < -0.4 is 20.3 Å². The summed E-state index contributed by atoms with van der Waals surface area (Å²) < 4.78 is 41.8. The highest BCUT2D eigenvalue weighted by Crippen LogP contribution is 2.61. The average molecular weight is 1210 g/mol. The first-order valence-corrected chi connectivity index (χ1v) is 31.9. The van der Waals surface area contributed by atoms with Gasteiger partial charge in [0.2, 0.25) is 11.8 Å². The van der Waals surface area contributed by atoms with Gasteiger partial charge in [-0.1, -0.05) is 56.2 Å². The summed E-state index contributed by atoms with van der Waals surface area (Å²) in [5.74, 6) is -0.254. The maximum Gasteiger partial charge on any atom is 0.319 e. The smallest absolute Gasteiger partial charge is 0.319 e. The van der Waals surface area contributed by atoms with E-state index in [4.69, 9.17) is 26.1 Å². The van der Waals surface area contributed by atoms with Gasteiger partial charge >= 0.3 is 6.01 Å². The van der Waals surface area contributed by atoms with E-state index in [2.05, 4.69) is 57.9 Å². The fourth-order valence-electron chi connectivity index (χ4n) is 13.7. The van der Waals surface area contributed by atoms with Crippen molar-refractivity contribution in [3.63, 3.8) is 0 Å². The number of aliphatic hydroxyl groups excluding tert-OH is 1. The van der Waals surface area contributed by atoms with Crippen LogP contribution in [0.3, 0.4) is 0 Å². The number of thiazole rings is 1. The van der Waals surface area contributed by atoms with Crippen LogP contribution in [0.5, 0.6) is 6.01 Å². The molecule has 440 valence electrons. The molecule has 85 heavy (non-hydrogen) atoms. The van der Waals surface area contributed by atoms with Crippen molar-refractivity contribution in [3.05, 3.63) is 88.4 Å². The number of aromatic amines is 1. The highest BCUT2D eigenvalue weighted by Gasteiger charge is 2.72. The van der Waals surface area contributed by atoms with Crippen molar-refractivity contribution in [1.82, 2.24) is 65.6 Å². The summed E-state index contributed by atoms with van der Waals surface area (Å²) in [5.41, 5.74) is 6.66. The van der Waals surface area contributed by atoms with Crippen LogP contribution >= 0.6 is 34.0 Å². The van der Waals surface area contributed by atoms with E-state index in [1.165, 1.54) is 16.2 Å².